The number of hydrogen-bond acceptors (Lipinski definition) is 5. The number of oxime groups is 1. The maximum atomic E-state index is 12.2. The second-order valence-corrected chi connectivity index (χ2v) is 5.49. The maximum Gasteiger partial charge on any atom is 0.340 e. The third-order valence-corrected chi connectivity index (χ3v) is 3.89. The Hall–Kier alpha value is -3.21. The molecule has 0 unspecified atom stereocenters. The number of rotatable bonds is 5. The number of aromatic nitrogens is 1. The minimum atomic E-state index is -0.429. The number of hydrogen-bond donors (Lipinski definition) is 0. The smallest absolute Gasteiger partial charge is 0.340 e. The van der Waals surface area contributed by atoms with Crippen molar-refractivity contribution in [2.24, 2.45) is 5.16 Å². The van der Waals surface area contributed by atoms with Crippen molar-refractivity contribution in [1.29, 1.82) is 0 Å². The van der Waals surface area contributed by atoms with Crippen molar-refractivity contribution in [2.45, 2.75) is 13.5 Å². The molecule has 1 heterocycles. The van der Waals surface area contributed by atoms with Gasteiger partial charge in [0.1, 0.15) is 0 Å². The Kier molecular flexibility index (Phi) is 5.04. The van der Waals surface area contributed by atoms with E-state index in [1.54, 1.807) is 6.21 Å². The first-order valence-corrected chi connectivity index (χ1v) is 7.87. The third-order valence-electron chi connectivity index (χ3n) is 3.89. The van der Waals surface area contributed by atoms with Crippen molar-refractivity contribution in [3.05, 3.63) is 77.0 Å². The normalized spacial score (nSPS) is 11.0. The van der Waals surface area contributed by atoms with Gasteiger partial charge in [-0.15, -0.1) is 0 Å². The van der Waals surface area contributed by atoms with Crippen LogP contribution in [0.1, 0.15) is 27.2 Å². The number of pyridine rings is 1. The third kappa shape index (κ3) is 3.66. The molecule has 0 saturated heterocycles. The van der Waals surface area contributed by atoms with Gasteiger partial charge in [-0.3, -0.25) is 0 Å². The minimum absolute atomic E-state index is 0.0828. The van der Waals surface area contributed by atoms with E-state index < -0.39 is 5.97 Å². The summed E-state index contributed by atoms with van der Waals surface area (Å²) in [5.74, 6) is -0.429. The molecular weight excluding hydrogens is 316 g/mol. The highest BCUT2D eigenvalue weighted by molar-refractivity contribution is 5.98. The van der Waals surface area contributed by atoms with E-state index in [0.717, 1.165) is 22.0 Å². The first-order chi connectivity index (χ1) is 12.2. The summed E-state index contributed by atoms with van der Waals surface area (Å²) in [5, 5.41) is 4.87. The van der Waals surface area contributed by atoms with Crippen LogP contribution in [0, 0.1) is 6.92 Å². The molecule has 3 aromatic rings. The van der Waals surface area contributed by atoms with E-state index in [-0.39, 0.29) is 6.61 Å². The molecule has 0 spiro atoms. The monoisotopic (exact) mass is 334 g/mol. The lowest BCUT2D eigenvalue weighted by Gasteiger charge is -2.12. The summed E-state index contributed by atoms with van der Waals surface area (Å²) in [5.41, 5.74) is 3.49. The number of esters is 1. The molecule has 0 aliphatic rings. The van der Waals surface area contributed by atoms with E-state index in [4.69, 9.17) is 9.57 Å². The minimum Gasteiger partial charge on any atom is -0.465 e. The van der Waals surface area contributed by atoms with Gasteiger partial charge in [-0.05, 0) is 24.1 Å². The molecule has 0 bridgehead atoms. The lowest BCUT2D eigenvalue weighted by Crippen LogP contribution is -2.11. The van der Waals surface area contributed by atoms with Gasteiger partial charge in [0.25, 0.3) is 0 Å². The fourth-order valence-electron chi connectivity index (χ4n) is 2.65. The number of carbonyl (C=O) groups is 1. The Bertz CT molecular complexity index is 921. The highest BCUT2D eigenvalue weighted by atomic mass is 16.6. The zero-order valence-electron chi connectivity index (χ0n) is 14.1. The summed E-state index contributed by atoms with van der Waals surface area (Å²) in [6.07, 6.45) is 1.62. The Morgan fingerprint density at radius 3 is 2.60 bits per heavy atom. The van der Waals surface area contributed by atoms with Crippen LogP contribution in [0.3, 0.4) is 0 Å². The number of fused-ring (bicyclic) bond motifs is 1. The van der Waals surface area contributed by atoms with Gasteiger partial charge in [0, 0.05) is 5.39 Å². The summed E-state index contributed by atoms with van der Waals surface area (Å²) < 4.78 is 4.91. The van der Waals surface area contributed by atoms with Gasteiger partial charge in [0.2, 0.25) is 0 Å². The quantitative estimate of drug-likeness (QED) is 0.403. The fraction of sp³-hybridized carbons (Fsp3) is 0.150. The van der Waals surface area contributed by atoms with Crippen LogP contribution in [0.4, 0.5) is 0 Å². The molecule has 5 heteroatoms. The average molecular weight is 334 g/mol. The number of methoxy groups -OCH3 is 1. The molecule has 0 aliphatic heterocycles. The molecule has 2 aromatic carbocycles. The van der Waals surface area contributed by atoms with Crippen molar-refractivity contribution >= 4 is 23.1 Å². The molecule has 126 valence electrons. The molecule has 0 atom stereocenters. The van der Waals surface area contributed by atoms with Crippen LogP contribution in [0.5, 0.6) is 0 Å². The molecule has 0 amide bonds. The SMILES string of the molecule is COC(=O)c1c(CO/N=C\c2ccccc2)nc2ccccc2c1C. The first-order valence-electron chi connectivity index (χ1n) is 7.87. The second kappa shape index (κ2) is 7.57. The zero-order valence-corrected chi connectivity index (χ0v) is 14.1. The van der Waals surface area contributed by atoms with E-state index in [1.807, 2.05) is 61.5 Å². The van der Waals surface area contributed by atoms with Crippen molar-refractivity contribution in [3.63, 3.8) is 0 Å². The summed E-state index contributed by atoms with van der Waals surface area (Å²) in [6, 6.07) is 17.3. The zero-order chi connectivity index (χ0) is 17.6. The molecule has 0 radical (unpaired) electrons. The summed E-state index contributed by atoms with van der Waals surface area (Å²) in [4.78, 5) is 22.1. The van der Waals surface area contributed by atoms with Crippen molar-refractivity contribution in [2.75, 3.05) is 7.11 Å². The topological polar surface area (TPSA) is 60.8 Å². The number of carbonyl (C=O) groups excluding carboxylic acids is 1. The van der Waals surface area contributed by atoms with Crippen LogP contribution in [0.25, 0.3) is 10.9 Å². The summed E-state index contributed by atoms with van der Waals surface area (Å²) in [7, 11) is 1.36. The number of benzene rings is 2. The molecule has 25 heavy (non-hydrogen) atoms. The van der Waals surface area contributed by atoms with Crippen LogP contribution in [-0.2, 0) is 16.2 Å². The molecule has 3 rings (SSSR count). The van der Waals surface area contributed by atoms with E-state index >= 15 is 0 Å². The van der Waals surface area contributed by atoms with E-state index in [9.17, 15) is 4.79 Å². The van der Waals surface area contributed by atoms with Crippen molar-refractivity contribution in [1.82, 2.24) is 4.98 Å². The largest absolute Gasteiger partial charge is 0.465 e. The molecule has 0 N–H and O–H groups in total. The first kappa shape index (κ1) is 16.6. The Morgan fingerprint density at radius 2 is 1.84 bits per heavy atom. The molecule has 0 aliphatic carbocycles. The average Bonchev–Trinajstić information content (AvgIpc) is 2.66. The van der Waals surface area contributed by atoms with Gasteiger partial charge in [-0.2, -0.15) is 0 Å². The van der Waals surface area contributed by atoms with E-state index in [2.05, 4.69) is 10.1 Å². The van der Waals surface area contributed by atoms with Crippen LogP contribution in [0.2, 0.25) is 0 Å². The molecule has 0 fully saturated rings. The van der Waals surface area contributed by atoms with Crippen molar-refractivity contribution in [3.8, 4) is 0 Å². The van der Waals surface area contributed by atoms with Gasteiger partial charge < -0.3 is 9.57 Å². The lowest BCUT2D eigenvalue weighted by molar-refractivity contribution is 0.0591. The molecule has 1 aromatic heterocycles. The van der Waals surface area contributed by atoms with Crippen LogP contribution < -0.4 is 0 Å². The van der Waals surface area contributed by atoms with E-state index in [0.29, 0.717) is 11.3 Å². The summed E-state index contributed by atoms with van der Waals surface area (Å²) in [6.45, 7) is 1.96. The Balaban J connectivity index is 1.89. The predicted octanol–water partition coefficient (Wildman–Crippen LogP) is 3.88. The van der Waals surface area contributed by atoms with Gasteiger partial charge in [-0.1, -0.05) is 53.7 Å². The fourth-order valence-corrected chi connectivity index (χ4v) is 2.65. The van der Waals surface area contributed by atoms with Crippen LogP contribution >= 0.6 is 0 Å². The van der Waals surface area contributed by atoms with E-state index in [1.165, 1.54) is 7.11 Å². The summed E-state index contributed by atoms with van der Waals surface area (Å²) >= 11 is 0. The van der Waals surface area contributed by atoms with Crippen molar-refractivity contribution < 1.29 is 14.4 Å². The molecule has 5 nitrogen and oxygen atoms in total. The Labute approximate surface area is 145 Å². The second-order valence-electron chi connectivity index (χ2n) is 5.49. The Morgan fingerprint density at radius 1 is 1.12 bits per heavy atom. The highest BCUT2D eigenvalue weighted by Gasteiger charge is 2.19. The molecule has 0 saturated carbocycles. The number of nitrogens with zero attached hydrogens (tertiary/aromatic N) is 2. The van der Waals surface area contributed by atoms with Gasteiger partial charge in [0.15, 0.2) is 6.61 Å². The van der Waals surface area contributed by atoms with Gasteiger partial charge in [0.05, 0.1) is 30.1 Å². The standard InChI is InChI=1S/C20H18N2O3/c1-14-16-10-6-7-11-17(16)22-18(19(14)20(23)24-2)13-25-21-12-15-8-4-3-5-9-15/h3-12H,13H2,1-2H3/b21-12-. The van der Waals surface area contributed by atoms with Gasteiger partial charge in [-0.25, -0.2) is 9.78 Å². The lowest BCUT2D eigenvalue weighted by atomic mass is 10.0. The highest BCUT2D eigenvalue weighted by Crippen LogP contribution is 2.24. The number of aryl methyl sites for hydroxylation is 1. The van der Waals surface area contributed by atoms with Crippen LogP contribution in [-0.4, -0.2) is 24.3 Å². The predicted molar refractivity (Wildman–Crippen MR) is 96.6 cm³/mol. The molecular formula is C20H18N2O3. The van der Waals surface area contributed by atoms with Crippen LogP contribution in [0.15, 0.2) is 59.8 Å². The number of para-hydroxylation sites is 1. The maximum absolute atomic E-state index is 12.2. The number of ether oxygens (including phenoxy) is 1. The van der Waals surface area contributed by atoms with Gasteiger partial charge >= 0.3 is 5.97 Å².